The van der Waals surface area contributed by atoms with Crippen molar-refractivity contribution in [2.24, 2.45) is 0 Å². The van der Waals surface area contributed by atoms with Gasteiger partial charge in [-0.2, -0.15) is 0 Å². The smallest absolute Gasteiger partial charge is 0.264 e. The van der Waals surface area contributed by atoms with Crippen LogP contribution in [0, 0.1) is 0 Å². The van der Waals surface area contributed by atoms with Gasteiger partial charge >= 0.3 is 0 Å². The van der Waals surface area contributed by atoms with E-state index in [2.05, 4.69) is 10.3 Å². The number of carbonyl (C=O) groups excluding carboxylic acids is 1. The van der Waals surface area contributed by atoms with Crippen LogP contribution in [0.1, 0.15) is 26.3 Å². The van der Waals surface area contributed by atoms with Gasteiger partial charge in [0.1, 0.15) is 11.0 Å². The number of hydrogen-bond donors (Lipinski definition) is 0. The lowest BCUT2D eigenvalue weighted by Crippen LogP contribution is -2.47. The first-order valence-electron chi connectivity index (χ1n) is 8.33. The molecule has 1 amide bonds. The molecule has 3 aromatic rings. The highest BCUT2D eigenvalue weighted by Crippen LogP contribution is 2.19. The number of rotatable bonds is 5. The topological polar surface area (TPSA) is 60.2 Å². The third-order valence-electron chi connectivity index (χ3n) is 3.98. The molecule has 0 fully saturated rings. The molecule has 26 heavy (non-hydrogen) atoms. The Morgan fingerprint density at radius 2 is 1.92 bits per heavy atom. The van der Waals surface area contributed by atoms with E-state index in [1.807, 2.05) is 51.1 Å². The molecule has 6 nitrogen and oxygen atoms in total. The molecule has 0 saturated carbocycles. The quantitative estimate of drug-likeness (QED) is 0.689. The molecule has 0 aliphatic rings. The first-order chi connectivity index (χ1) is 12.3. The van der Waals surface area contributed by atoms with E-state index in [4.69, 9.17) is 16.4 Å². The normalized spacial score (nSPS) is 11.5. The number of nitrogens with zero attached hydrogens (tertiary/aromatic N) is 4. The van der Waals surface area contributed by atoms with Crippen molar-refractivity contribution < 1.29 is 9.63 Å². The number of halogens is 1. The number of fused-ring (bicyclic) bond motifs is 1. The molecule has 0 aliphatic carbocycles. The Balaban J connectivity index is 1.74. The molecule has 1 heterocycles. The van der Waals surface area contributed by atoms with Gasteiger partial charge < -0.3 is 9.74 Å². The van der Waals surface area contributed by atoms with Gasteiger partial charge in [-0.1, -0.05) is 46.8 Å². The van der Waals surface area contributed by atoms with Crippen molar-refractivity contribution in [3.8, 4) is 0 Å². The molecule has 7 heteroatoms. The van der Waals surface area contributed by atoms with Crippen molar-refractivity contribution in [3.05, 3.63) is 59.1 Å². The number of amides is 1. The summed E-state index contributed by atoms with van der Waals surface area (Å²) in [4.78, 5) is 21.4. The van der Waals surface area contributed by atoms with Crippen LogP contribution < -0.4 is 4.84 Å². The Bertz CT molecular complexity index is 903. The molecule has 0 spiro atoms. The Labute approximate surface area is 157 Å². The summed E-state index contributed by atoms with van der Waals surface area (Å²) in [6.45, 7) is 6.36. The van der Waals surface area contributed by atoms with Gasteiger partial charge in [0.05, 0.1) is 0 Å². The molecule has 0 atom stereocenters. The first kappa shape index (κ1) is 18.2. The van der Waals surface area contributed by atoms with Gasteiger partial charge in [-0.3, -0.25) is 4.79 Å². The fourth-order valence-corrected chi connectivity index (χ4v) is 2.79. The minimum absolute atomic E-state index is 0.132. The van der Waals surface area contributed by atoms with Crippen molar-refractivity contribution in [1.29, 1.82) is 0 Å². The molecule has 136 valence electrons. The number of hydrogen-bond acceptors (Lipinski definition) is 4. The molecule has 0 bridgehead atoms. The zero-order chi connectivity index (χ0) is 18.7. The number of aromatic nitrogens is 3. The monoisotopic (exact) mass is 372 g/mol. The summed E-state index contributed by atoms with van der Waals surface area (Å²) in [5.41, 5.74) is 1.99. The lowest BCUT2D eigenvalue weighted by molar-refractivity contribution is -0.142. The highest BCUT2D eigenvalue weighted by atomic mass is 35.5. The van der Waals surface area contributed by atoms with Crippen LogP contribution in [0.4, 0.5) is 0 Å². The van der Waals surface area contributed by atoms with Crippen LogP contribution in [0.2, 0.25) is 5.02 Å². The van der Waals surface area contributed by atoms with E-state index in [1.54, 1.807) is 23.1 Å². The zero-order valence-electron chi connectivity index (χ0n) is 15.0. The Hall–Kier alpha value is -2.60. The third kappa shape index (κ3) is 4.14. The van der Waals surface area contributed by atoms with E-state index in [9.17, 15) is 4.79 Å². The van der Waals surface area contributed by atoms with Crippen LogP contribution in [0.15, 0.2) is 48.5 Å². The maximum atomic E-state index is 12.8. The first-order valence-corrected chi connectivity index (χ1v) is 8.71. The molecule has 0 radical (unpaired) electrons. The molecule has 0 unspecified atom stereocenters. The fraction of sp³-hybridized carbons (Fsp3) is 0.316. The van der Waals surface area contributed by atoms with Gasteiger partial charge in [-0.25, -0.2) is 0 Å². The second-order valence-electron chi connectivity index (χ2n) is 7.01. The third-order valence-corrected chi connectivity index (χ3v) is 4.22. The lowest BCUT2D eigenvalue weighted by atomic mass is 10.0. The van der Waals surface area contributed by atoms with Crippen molar-refractivity contribution in [2.75, 3.05) is 6.61 Å². The van der Waals surface area contributed by atoms with Crippen molar-refractivity contribution in [3.63, 3.8) is 0 Å². The molecular weight excluding hydrogens is 352 g/mol. The summed E-state index contributed by atoms with van der Waals surface area (Å²) in [6, 6.07) is 15.1. The van der Waals surface area contributed by atoms with E-state index in [1.165, 1.54) is 4.85 Å². The van der Waals surface area contributed by atoms with Crippen LogP contribution in [-0.2, 0) is 11.3 Å². The van der Waals surface area contributed by atoms with Crippen LogP contribution in [0.5, 0.6) is 0 Å². The lowest BCUT2D eigenvalue weighted by Gasteiger charge is -2.35. The average molecular weight is 373 g/mol. The van der Waals surface area contributed by atoms with E-state index in [-0.39, 0.29) is 18.1 Å². The Morgan fingerprint density at radius 3 is 2.62 bits per heavy atom. The fourth-order valence-electron chi connectivity index (χ4n) is 2.63. The van der Waals surface area contributed by atoms with E-state index >= 15 is 0 Å². The molecule has 3 rings (SSSR count). The van der Waals surface area contributed by atoms with Crippen LogP contribution in [0.3, 0.4) is 0 Å². The van der Waals surface area contributed by atoms with Gasteiger partial charge in [-0.15, -0.1) is 5.10 Å². The molecule has 1 aromatic heterocycles. The van der Waals surface area contributed by atoms with Gasteiger partial charge in [-0.05, 0) is 49.7 Å². The second kappa shape index (κ2) is 7.33. The summed E-state index contributed by atoms with van der Waals surface area (Å²) in [5, 5.41) is 8.48. The predicted molar refractivity (Wildman–Crippen MR) is 101 cm³/mol. The van der Waals surface area contributed by atoms with Gasteiger partial charge in [0.15, 0.2) is 6.61 Å². The summed E-state index contributed by atoms with van der Waals surface area (Å²) in [5.74, 6) is -0.132. The standard InChI is InChI=1S/C19H21ClN4O2/c1-19(2,3)23(12-14-7-5-4-6-8-14)18(25)13-26-24-17-11-15(20)9-10-16(17)21-22-24/h4-11H,12-13H2,1-3H3. The van der Waals surface area contributed by atoms with Gasteiger partial charge in [0.25, 0.3) is 5.91 Å². The molecule has 0 saturated heterocycles. The molecule has 0 aliphatic heterocycles. The van der Waals surface area contributed by atoms with Gasteiger partial charge in [0.2, 0.25) is 0 Å². The average Bonchev–Trinajstić information content (AvgIpc) is 2.99. The van der Waals surface area contributed by atoms with Crippen molar-refractivity contribution in [2.45, 2.75) is 32.9 Å². The second-order valence-corrected chi connectivity index (χ2v) is 7.44. The van der Waals surface area contributed by atoms with Crippen LogP contribution in [0.25, 0.3) is 11.0 Å². The maximum absolute atomic E-state index is 12.8. The van der Waals surface area contributed by atoms with Crippen molar-refractivity contribution >= 4 is 28.5 Å². The highest BCUT2D eigenvalue weighted by Gasteiger charge is 2.27. The summed E-state index contributed by atoms with van der Waals surface area (Å²) in [7, 11) is 0. The largest absolute Gasteiger partial charge is 0.385 e. The van der Waals surface area contributed by atoms with Crippen molar-refractivity contribution in [1.82, 2.24) is 20.1 Å². The van der Waals surface area contributed by atoms with Gasteiger partial charge in [0, 0.05) is 17.1 Å². The maximum Gasteiger partial charge on any atom is 0.264 e. The molecule has 0 N–H and O–H groups in total. The number of carbonyl (C=O) groups is 1. The van der Waals surface area contributed by atoms with E-state index in [0.29, 0.717) is 22.6 Å². The summed E-state index contributed by atoms with van der Waals surface area (Å²) >= 11 is 6.01. The summed E-state index contributed by atoms with van der Waals surface area (Å²) < 4.78 is 0. The zero-order valence-corrected chi connectivity index (χ0v) is 15.8. The minimum Gasteiger partial charge on any atom is -0.385 e. The predicted octanol–water partition coefficient (Wildman–Crippen LogP) is 3.34. The number of benzene rings is 2. The summed E-state index contributed by atoms with van der Waals surface area (Å²) in [6.07, 6.45) is 0. The highest BCUT2D eigenvalue weighted by molar-refractivity contribution is 6.31. The molecular formula is C19H21ClN4O2. The minimum atomic E-state index is -0.343. The SMILES string of the molecule is CC(C)(C)N(Cc1ccccc1)C(=O)COn1nnc2ccc(Cl)cc21. The van der Waals surface area contributed by atoms with Crippen LogP contribution in [-0.4, -0.2) is 38.1 Å². The van der Waals surface area contributed by atoms with E-state index in [0.717, 1.165) is 5.56 Å². The Kier molecular flexibility index (Phi) is 5.13. The molecule has 2 aromatic carbocycles. The van der Waals surface area contributed by atoms with E-state index < -0.39 is 0 Å². The van der Waals surface area contributed by atoms with Crippen LogP contribution >= 0.6 is 11.6 Å². The Morgan fingerprint density at radius 1 is 1.19 bits per heavy atom.